The van der Waals surface area contributed by atoms with Gasteiger partial charge in [0.05, 0.1) is 6.10 Å². The minimum atomic E-state index is -0.800. The molecule has 30 heavy (non-hydrogen) atoms. The van der Waals surface area contributed by atoms with Gasteiger partial charge < -0.3 is 20.4 Å². The molecule has 2 fully saturated rings. The van der Waals surface area contributed by atoms with Crippen molar-refractivity contribution in [1.82, 2.24) is 15.6 Å². The Labute approximate surface area is 176 Å². The number of Topliss-reactive ketones (excluding diaryl/α,β-unsaturated/α-hetero) is 1. The third-order valence-electron chi connectivity index (χ3n) is 6.23. The summed E-state index contributed by atoms with van der Waals surface area (Å²) in [6.45, 7) is 5.71. The van der Waals surface area contributed by atoms with Crippen molar-refractivity contribution < 1.29 is 19.1 Å². The fourth-order valence-electron chi connectivity index (χ4n) is 4.55. The van der Waals surface area contributed by atoms with Gasteiger partial charge in [-0.1, -0.05) is 26.7 Å². The third-order valence-corrected chi connectivity index (χ3v) is 6.23. The molecule has 2 amide bonds. The van der Waals surface area contributed by atoms with Gasteiger partial charge in [0.2, 0.25) is 11.5 Å². The summed E-state index contributed by atoms with van der Waals surface area (Å²) in [7, 11) is 0. The smallest absolute Gasteiger partial charge is 0.252 e. The monoisotopic (exact) mass is 417 g/mol. The number of hydrogen-bond donors (Lipinski definition) is 3. The Kier molecular flexibility index (Phi) is 6.75. The SMILES string of the molecule is CC[C@@H]1OCC(=O)[C@H]1NC(=O)[C@H](CC1(C)CCCC1)NC(=O)c1cc(C)[nH]c(=O)c1. The highest BCUT2D eigenvalue weighted by atomic mass is 16.5. The van der Waals surface area contributed by atoms with Gasteiger partial charge in [-0.05, 0) is 44.1 Å². The van der Waals surface area contributed by atoms with Gasteiger partial charge in [0.1, 0.15) is 18.7 Å². The second kappa shape index (κ2) is 9.12. The minimum absolute atomic E-state index is 0.00966. The van der Waals surface area contributed by atoms with Crippen LogP contribution in [0.2, 0.25) is 0 Å². The van der Waals surface area contributed by atoms with Crippen molar-refractivity contribution in [3.63, 3.8) is 0 Å². The van der Waals surface area contributed by atoms with E-state index in [0.717, 1.165) is 25.7 Å². The number of aromatic amines is 1. The first-order valence-electron chi connectivity index (χ1n) is 10.7. The molecule has 2 heterocycles. The van der Waals surface area contributed by atoms with Crippen LogP contribution in [0.15, 0.2) is 16.9 Å². The molecule has 8 heteroatoms. The Balaban J connectivity index is 1.78. The molecule has 2 aliphatic rings. The van der Waals surface area contributed by atoms with Gasteiger partial charge >= 0.3 is 0 Å². The van der Waals surface area contributed by atoms with Crippen LogP contribution >= 0.6 is 0 Å². The number of aromatic nitrogens is 1. The molecule has 164 valence electrons. The van der Waals surface area contributed by atoms with Gasteiger partial charge in [-0.15, -0.1) is 0 Å². The molecule has 3 N–H and O–H groups in total. The predicted molar refractivity (Wildman–Crippen MR) is 111 cm³/mol. The minimum Gasteiger partial charge on any atom is -0.368 e. The molecule has 0 radical (unpaired) electrons. The summed E-state index contributed by atoms with van der Waals surface area (Å²) >= 11 is 0. The first-order valence-corrected chi connectivity index (χ1v) is 10.7. The quantitative estimate of drug-likeness (QED) is 0.623. The largest absolute Gasteiger partial charge is 0.368 e. The summed E-state index contributed by atoms with van der Waals surface area (Å²) < 4.78 is 5.45. The summed E-state index contributed by atoms with van der Waals surface area (Å²) in [5.74, 6) is -1.02. The lowest BCUT2D eigenvalue weighted by Crippen LogP contribution is -2.54. The zero-order chi connectivity index (χ0) is 21.9. The fourth-order valence-corrected chi connectivity index (χ4v) is 4.55. The van der Waals surface area contributed by atoms with Gasteiger partial charge in [0.15, 0.2) is 5.78 Å². The molecule has 0 bridgehead atoms. The molecular weight excluding hydrogens is 386 g/mol. The number of ether oxygens (including phenoxy) is 1. The van der Waals surface area contributed by atoms with Crippen molar-refractivity contribution in [1.29, 1.82) is 0 Å². The Bertz CT molecular complexity index is 872. The van der Waals surface area contributed by atoms with Gasteiger partial charge in [0.25, 0.3) is 5.91 Å². The Morgan fingerprint density at radius 3 is 2.60 bits per heavy atom. The van der Waals surface area contributed by atoms with E-state index in [1.54, 1.807) is 13.0 Å². The molecule has 0 spiro atoms. The number of amides is 2. The molecular formula is C22H31N3O5. The van der Waals surface area contributed by atoms with Crippen LogP contribution in [0.1, 0.15) is 68.4 Å². The number of hydrogen-bond acceptors (Lipinski definition) is 5. The van der Waals surface area contributed by atoms with Crippen molar-refractivity contribution in [3.05, 3.63) is 33.7 Å². The van der Waals surface area contributed by atoms with E-state index in [9.17, 15) is 19.2 Å². The standard InChI is InChI=1S/C22H31N3O5/c1-4-17-19(16(26)12-30-17)25-21(29)15(11-22(3)7-5-6-8-22)24-20(28)14-9-13(2)23-18(27)10-14/h9-10,15,17,19H,4-8,11-12H2,1-3H3,(H,23,27)(H,24,28)(H,25,29)/t15-,17-,19+/m0/s1. The molecule has 1 saturated carbocycles. The van der Waals surface area contributed by atoms with Crippen molar-refractivity contribution in [2.75, 3.05) is 6.61 Å². The van der Waals surface area contributed by atoms with Crippen LogP contribution in [0, 0.1) is 12.3 Å². The maximum absolute atomic E-state index is 13.1. The highest BCUT2D eigenvalue weighted by molar-refractivity contribution is 5.99. The van der Waals surface area contributed by atoms with Crippen LogP contribution in [0.5, 0.6) is 0 Å². The summed E-state index contributed by atoms with van der Waals surface area (Å²) in [5.41, 5.74) is 0.344. The highest BCUT2D eigenvalue weighted by Crippen LogP contribution is 2.41. The molecule has 1 saturated heterocycles. The van der Waals surface area contributed by atoms with Crippen LogP contribution in [0.4, 0.5) is 0 Å². The topological polar surface area (TPSA) is 117 Å². The number of pyridine rings is 1. The lowest BCUT2D eigenvalue weighted by Gasteiger charge is -2.30. The average molecular weight is 418 g/mol. The molecule has 8 nitrogen and oxygen atoms in total. The molecule has 0 aromatic carbocycles. The van der Waals surface area contributed by atoms with Crippen LogP contribution in [0.3, 0.4) is 0 Å². The van der Waals surface area contributed by atoms with E-state index in [-0.39, 0.29) is 40.9 Å². The first-order chi connectivity index (χ1) is 14.2. The van der Waals surface area contributed by atoms with Crippen molar-refractivity contribution in [2.24, 2.45) is 5.41 Å². The Morgan fingerprint density at radius 1 is 1.27 bits per heavy atom. The van der Waals surface area contributed by atoms with Gasteiger partial charge in [0, 0.05) is 17.3 Å². The van der Waals surface area contributed by atoms with E-state index in [1.807, 2.05) is 6.92 Å². The lowest BCUT2D eigenvalue weighted by molar-refractivity contribution is -0.128. The van der Waals surface area contributed by atoms with E-state index in [2.05, 4.69) is 22.5 Å². The lowest BCUT2D eigenvalue weighted by atomic mass is 9.81. The number of aryl methyl sites for hydroxylation is 1. The molecule has 1 aromatic heterocycles. The maximum atomic E-state index is 13.1. The van der Waals surface area contributed by atoms with Crippen molar-refractivity contribution in [3.8, 4) is 0 Å². The average Bonchev–Trinajstić information content (AvgIpc) is 3.26. The van der Waals surface area contributed by atoms with Crippen LogP contribution in [-0.2, 0) is 14.3 Å². The van der Waals surface area contributed by atoms with E-state index < -0.39 is 18.0 Å². The van der Waals surface area contributed by atoms with Gasteiger partial charge in [-0.3, -0.25) is 19.2 Å². The van der Waals surface area contributed by atoms with Crippen LogP contribution in [-0.4, -0.2) is 47.4 Å². The number of ketones is 1. The van der Waals surface area contributed by atoms with E-state index >= 15 is 0 Å². The van der Waals surface area contributed by atoms with Crippen molar-refractivity contribution >= 4 is 17.6 Å². The molecule has 0 unspecified atom stereocenters. The number of nitrogens with one attached hydrogen (secondary N) is 3. The second-order valence-electron chi connectivity index (χ2n) is 8.87. The summed E-state index contributed by atoms with van der Waals surface area (Å²) in [5, 5.41) is 5.61. The van der Waals surface area contributed by atoms with E-state index in [1.165, 1.54) is 6.07 Å². The van der Waals surface area contributed by atoms with E-state index in [4.69, 9.17) is 4.74 Å². The summed E-state index contributed by atoms with van der Waals surface area (Å²) in [4.78, 5) is 52.5. The summed E-state index contributed by atoms with van der Waals surface area (Å²) in [6.07, 6.45) is 4.90. The molecule has 1 aliphatic carbocycles. The Hall–Kier alpha value is -2.48. The van der Waals surface area contributed by atoms with Crippen molar-refractivity contribution in [2.45, 2.75) is 77.5 Å². The number of carbonyl (C=O) groups is 3. The van der Waals surface area contributed by atoms with Gasteiger partial charge in [-0.2, -0.15) is 0 Å². The maximum Gasteiger partial charge on any atom is 0.252 e. The Morgan fingerprint density at radius 2 is 1.97 bits per heavy atom. The van der Waals surface area contributed by atoms with Crippen LogP contribution < -0.4 is 16.2 Å². The number of rotatable bonds is 7. The first kappa shape index (κ1) is 22.2. The zero-order valence-electron chi connectivity index (χ0n) is 17.9. The van der Waals surface area contributed by atoms with Gasteiger partial charge in [-0.25, -0.2) is 0 Å². The fraction of sp³-hybridized carbons (Fsp3) is 0.636. The predicted octanol–water partition coefficient (Wildman–Crippen LogP) is 1.61. The highest BCUT2D eigenvalue weighted by Gasteiger charge is 2.39. The third kappa shape index (κ3) is 5.16. The molecule has 1 aromatic rings. The number of H-pyrrole nitrogens is 1. The van der Waals surface area contributed by atoms with E-state index in [0.29, 0.717) is 18.5 Å². The normalized spacial score (nSPS) is 23.9. The molecule has 1 aliphatic heterocycles. The zero-order valence-corrected chi connectivity index (χ0v) is 17.9. The molecule has 3 rings (SSSR count). The summed E-state index contributed by atoms with van der Waals surface area (Å²) in [6, 6.07) is 1.30. The number of carbonyl (C=O) groups excluding carboxylic acids is 3. The second-order valence-corrected chi connectivity index (χ2v) is 8.87. The molecule has 3 atom stereocenters. The van der Waals surface area contributed by atoms with Crippen LogP contribution in [0.25, 0.3) is 0 Å².